The van der Waals surface area contributed by atoms with Crippen LogP contribution in [-0.4, -0.2) is 28.5 Å². The molecule has 0 atom stereocenters. The number of aryl methyl sites for hydroxylation is 1. The molecule has 6 nitrogen and oxygen atoms in total. The molecule has 0 bridgehead atoms. The van der Waals surface area contributed by atoms with Crippen LogP contribution in [0.5, 0.6) is 28.7 Å². The lowest BCUT2D eigenvalue weighted by atomic mass is 10.00. The monoisotopic (exact) mass is 546 g/mol. The predicted octanol–water partition coefficient (Wildman–Crippen LogP) is 7.34. The van der Waals surface area contributed by atoms with Gasteiger partial charge in [0.2, 0.25) is 0 Å². The number of aromatic hydroxyl groups is 1. The molecule has 0 aromatic heterocycles. The Balaban J connectivity index is 1.39. The van der Waals surface area contributed by atoms with E-state index >= 15 is 0 Å². The lowest BCUT2D eigenvalue weighted by molar-refractivity contribution is -0.0436. The van der Waals surface area contributed by atoms with Crippen molar-refractivity contribution in [3.05, 3.63) is 101 Å². The summed E-state index contributed by atoms with van der Waals surface area (Å²) in [5, 5.41) is 30.0. The zero-order valence-corrected chi connectivity index (χ0v) is 22.8. The Hall–Kier alpha value is -4.07. The van der Waals surface area contributed by atoms with Crippen LogP contribution in [0.1, 0.15) is 49.7 Å². The van der Waals surface area contributed by atoms with Crippen molar-refractivity contribution in [1.82, 2.24) is 0 Å². The number of aliphatic hydroxyl groups excluding tert-OH is 1. The third-order valence-electron chi connectivity index (χ3n) is 6.53. The Morgan fingerprint density at radius 3 is 2.15 bits per heavy atom. The number of aliphatic hydroxyl groups is 2. The van der Waals surface area contributed by atoms with Crippen molar-refractivity contribution in [2.75, 3.05) is 13.2 Å². The molecular weight excluding hydrogens is 511 g/mol. The maximum Gasteiger partial charge on any atom is 0.182 e. The first kappa shape index (κ1) is 28.9. The van der Waals surface area contributed by atoms with Gasteiger partial charge < -0.3 is 29.5 Å². The molecular formula is C33H35FO6. The van der Waals surface area contributed by atoms with Gasteiger partial charge >= 0.3 is 0 Å². The van der Waals surface area contributed by atoms with E-state index in [0.717, 1.165) is 29.5 Å². The Labute approximate surface area is 234 Å². The molecule has 0 spiro atoms. The molecule has 0 saturated carbocycles. The first-order valence-corrected chi connectivity index (χ1v) is 13.5. The number of phenols is 1. The molecule has 0 unspecified atom stereocenters. The average Bonchev–Trinajstić information content (AvgIpc) is 2.95. The van der Waals surface area contributed by atoms with Crippen LogP contribution in [0.4, 0.5) is 4.39 Å². The topological polar surface area (TPSA) is 88.4 Å². The van der Waals surface area contributed by atoms with E-state index in [4.69, 9.17) is 14.2 Å². The Bertz CT molecular complexity index is 1400. The minimum atomic E-state index is -1.64. The van der Waals surface area contributed by atoms with Crippen molar-refractivity contribution in [3.8, 4) is 39.9 Å². The van der Waals surface area contributed by atoms with E-state index in [0.29, 0.717) is 54.6 Å². The van der Waals surface area contributed by atoms with Crippen molar-refractivity contribution >= 4 is 0 Å². The van der Waals surface area contributed by atoms with Crippen molar-refractivity contribution in [2.24, 2.45) is 0 Å². The van der Waals surface area contributed by atoms with Crippen LogP contribution in [-0.2, 0) is 12.8 Å². The zero-order valence-electron chi connectivity index (χ0n) is 22.8. The minimum Gasteiger partial charge on any atom is -0.507 e. The van der Waals surface area contributed by atoms with Gasteiger partial charge in [0.05, 0.1) is 13.2 Å². The van der Waals surface area contributed by atoms with E-state index in [1.54, 1.807) is 42.5 Å². The lowest BCUT2D eigenvalue weighted by Gasteiger charge is -2.18. The highest BCUT2D eigenvalue weighted by molar-refractivity contribution is 5.72. The largest absolute Gasteiger partial charge is 0.507 e. The van der Waals surface area contributed by atoms with Gasteiger partial charge in [-0.15, -0.1) is 0 Å². The highest BCUT2D eigenvalue weighted by atomic mass is 19.1. The Kier molecular flexibility index (Phi) is 10.00. The molecule has 0 radical (unpaired) electrons. The van der Waals surface area contributed by atoms with Gasteiger partial charge in [0, 0.05) is 29.2 Å². The van der Waals surface area contributed by atoms with Crippen molar-refractivity contribution in [3.63, 3.8) is 0 Å². The third kappa shape index (κ3) is 7.11. The van der Waals surface area contributed by atoms with E-state index < -0.39 is 6.29 Å². The highest BCUT2D eigenvalue weighted by Crippen LogP contribution is 2.37. The molecule has 0 aliphatic heterocycles. The first-order chi connectivity index (χ1) is 19.4. The Morgan fingerprint density at radius 1 is 0.775 bits per heavy atom. The van der Waals surface area contributed by atoms with Crippen LogP contribution in [0.25, 0.3) is 11.1 Å². The van der Waals surface area contributed by atoms with Gasteiger partial charge in [-0.05, 0) is 60.4 Å². The quantitative estimate of drug-likeness (QED) is 0.120. The van der Waals surface area contributed by atoms with E-state index in [-0.39, 0.29) is 17.1 Å². The maximum absolute atomic E-state index is 13.3. The number of rotatable bonds is 13. The fourth-order valence-electron chi connectivity index (χ4n) is 4.49. The standard InChI is InChI=1S/C33H35FO6/c1-3-9-25-29(12-7-13-30(25)40-31-11-6-5-10-26(31)33(36)37)38-18-8-19-39-32-21-28(35)27(20-22(32)4-2)23-14-16-24(34)17-15-23/h5-7,10-17,20-21,33,35-37H,3-4,8-9,18-19H2,1-2H3. The zero-order chi connectivity index (χ0) is 28.5. The van der Waals surface area contributed by atoms with Gasteiger partial charge in [0.25, 0.3) is 0 Å². The van der Waals surface area contributed by atoms with Crippen molar-refractivity contribution in [2.45, 2.75) is 45.8 Å². The van der Waals surface area contributed by atoms with Crippen LogP contribution in [0.3, 0.4) is 0 Å². The van der Waals surface area contributed by atoms with Crippen LogP contribution in [0.2, 0.25) is 0 Å². The summed E-state index contributed by atoms with van der Waals surface area (Å²) in [6.45, 7) is 4.89. The predicted molar refractivity (Wildman–Crippen MR) is 153 cm³/mol. The summed E-state index contributed by atoms with van der Waals surface area (Å²) in [7, 11) is 0. The van der Waals surface area contributed by atoms with E-state index in [1.807, 2.05) is 31.2 Å². The molecule has 40 heavy (non-hydrogen) atoms. The molecule has 0 aliphatic rings. The molecule has 0 heterocycles. The molecule has 4 aromatic rings. The number of hydrogen-bond donors (Lipinski definition) is 3. The summed E-state index contributed by atoms with van der Waals surface area (Å²) in [5.41, 5.74) is 3.51. The van der Waals surface area contributed by atoms with Gasteiger partial charge in [0.15, 0.2) is 6.29 Å². The molecule has 210 valence electrons. The molecule has 0 saturated heterocycles. The number of phenolic OH excluding ortho intramolecular Hbond substituents is 1. The minimum absolute atomic E-state index is 0.0753. The number of ether oxygens (including phenoxy) is 3. The van der Waals surface area contributed by atoms with Gasteiger partial charge in [-0.2, -0.15) is 0 Å². The normalized spacial score (nSPS) is 11.1. The first-order valence-electron chi connectivity index (χ1n) is 13.5. The summed E-state index contributed by atoms with van der Waals surface area (Å²) >= 11 is 0. The van der Waals surface area contributed by atoms with Gasteiger partial charge in [0.1, 0.15) is 34.6 Å². The van der Waals surface area contributed by atoms with E-state index in [2.05, 4.69) is 6.92 Å². The molecule has 4 aromatic carbocycles. The van der Waals surface area contributed by atoms with Gasteiger partial charge in [-0.1, -0.05) is 56.7 Å². The second-order valence-corrected chi connectivity index (χ2v) is 9.38. The van der Waals surface area contributed by atoms with Crippen LogP contribution in [0.15, 0.2) is 78.9 Å². The third-order valence-corrected chi connectivity index (χ3v) is 6.53. The molecule has 0 amide bonds. The van der Waals surface area contributed by atoms with Crippen molar-refractivity contribution < 1.29 is 33.9 Å². The summed E-state index contributed by atoms with van der Waals surface area (Å²) in [4.78, 5) is 0. The van der Waals surface area contributed by atoms with Gasteiger partial charge in [-0.25, -0.2) is 4.39 Å². The fourth-order valence-corrected chi connectivity index (χ4v) is 4.49. The van der Waals surface area contributed by atoms with E-state index in [1.165, 1.54) is 12.1 Å². The smallest absolute Gasteiger partial charge is 0.182 e. The summed E-state index contributed by atoms with van der Waals surface area (Å²) in [6.07, 6.45) is 1.29. The summed E-state index contributed by atoms with van der Waals surface area (Å²) < 4.78 is 31.5. The second-order valence-electron chi connectivity index (χ2n) is 9.38. The van der Waals surface area contributed by atoms with Crippen LogP contribution >= 0.6 is 0 Å². The molecule has 0 aliphatic carbocycles. The number of halogens is 1. The fraction of sp³-hybridized carbons (Fsp3) is 0.273. The molecule has 4 rings (SSSR count). The molecule has 0 fully saturated rings. The lowest BCUT2D eigenvalue weighted by Crippen LogP contribution is -2.08. The van der Waals surface area contributed by atoms with Gasteiger partial charge in [-0.3, -0.25) is 0 Å². The highest BCUT2D eigenvalue weighted by Gasteiger charge is 2.16. The van der Waals surface area contributed by atoms with Crippen LogP contribution in [0, 0.1) is 5.82 Å². The number of para-hydroxylation sites is 1. The second kappa shape index (κ2) is 13.8. The molecule has 7 heteroatoms. The summed E-state index contributed by atoms with van der Waals surface area (Å²) in [5.74, 6) is 2.05. The Morgan fingerprint density at radius 2 is 1.45 bits per heavy atom. The maximum atomic E-state index is 13.3. The summed E-state index contributed by atoms with van der Waals surface area (Å²) in [6, 6.07) is 21.9. The number of hydrogen-bond acceptors (Lipinski definition) is 6. The number of benzene rings is 4. The SMILES string of the molecule is CCCc1c(OCCCOc2cc(O)c(-c3ccc(F)cc3)cc2CC)cccc1Oc1ccccc1C(O)O. The van der Waals surface area contributed by atoms with Crippen LogP contribution < -0.4 is 14.2 Å². The van der Waals surface area contributed by atoms with E-state index in [9.17, 15) is 19.7 Å². The average molecular weight is 547 g/mol. The molecule has 3 N–H and O–H groups in total. The van der Waals surface area contributed by atoms with Crippen molar-refractivity contribution in [1.29, 1.82) is 0 Å².